The fourth-order valence-electron chi connectivity index (χ4n) is 2.90. The summed E-state index contributed by atoms with van der Waals surface area (Å²) in [6.45, 7) is 6.15. The van der Waals surface area contributed by atoms with Gasteiger partial charge in [-0.25, -0.2) is 4.98 Å². The number of hydrogen-bond donors (Lipinski definition) is 1. The zero-order valence-electron chi connectivity index (χ0n) is 13.8. The molecular weight excluding hydrogens is 282 g/mol. The van der Waals surface area contributed by atoms with E-state index in [0.29, 0.717) is 0 Å². The van der Waals surface area contributed by atoms with Gasteiger partial charge in [0.2, 0.25) is 0 Å². The zero-order valence-corrected chi connectivity index (χ0v) is 13.8. The van der Waals surface area contributed by atoms with Crippen LogP contribution in [0.3, 0.4) is 0 Å². The van der Waals surface area contributed by atoms with Crippen LogP contribution in [0, 0.1) is 0 Å². The topological polar surface area (TPSA) is 42.1 Å². The number of anilines is 2. The zero-order chi connectivity index (χ0) is 16.2. The molecule has 0 fully saturated rings. The van der Waals surface area contributed by atoms with Crippen molar-refractivity contribution >= 4 is 22.4 Å². The van der Waals surface area contributed by atoms with Gasteiger partial charge in [-0.2, -0.15) is 0 Å². The van der Waals surface area contributed by atoms with Crippen LogP contribution in [0.25, 0.3) is 10.9 Å². The molecule has 0 saturated carbocycles. The monoisotopic (exact) mass is 305 g/mol. The molecule has 0 unspecified atom stereocenters. The Labute approximate surface area is 137 Å². The number of aryl methyl sites for hydroxylation is 1. The predicted molar refractivity (Wildman–Crippen MR) is 98.7 cm³/mol. The minimum absolute atomic E-state index is 0.783. The first-order valence-electron chi connectivity index (χ1n) is 8.19. The van der Waals surface area contributed by atoms with Crippen LogP contribution in [0.5, 0.6) is 0 Å². The lowest BCUT2D eigenvalue weighted by Gasteiger charge is -2.25. The van der Waals surface area contributed by atoms with Crippen LogP contribution >= 0.6 is 0 Å². The van der Waals surface area contributed by atoms with Gasteiger partial charge in [0.15, 0.2) is 0 Å². The first kappa shape index (κ1) is 15.3. The maximum atomic E-state index is 5.90. The van der Waals surface area contributed by atoms with Crippen molar-refractivity contribution in [2.75, 3.05) is 17.2 Å². The van der Waals surface area contributed by atoms with Crippen LogP contribution in [0.2, 0.25) is 0 Å². The molecule has 0 radical (unpaired) electrons. The summed E-state index contributed by atoms with van der Waals surface area (Å²) in [5.41, 5.74) is 10.3. The Morgan fingerprint density at radius 3 is 2.48 bits per heavy atom. The molecule has 0 saturated heterocycles. The van der Waals surface area contributed by atoms with Gasteiger partial charge in [0, 0.05) is 24.2 Å². The van der Waals surface area contributed by atoms with E-state index in [2.05, 4.69) is 55.1 Å². The van der Waals surface area contributed by atoms with Crippen molar-refractivity contribution < 1.29 is 0 Å². The third-order valence-corrected chi connectivity index (χ3v) is 4.17. The molecule has 3 heteroatoms. The molecule has 2 N–H and O–H groups in total. The van der Waals surface area contributed by atoms with E-state index in [1.54, 1.807) is 0 Å². The summed E-state index contributed by atoms with van der Waals surface area (Å²) in [5.74, 6) is 1.08. The van der Waals surface area contributed by atoms with Crippen LogP contribution in [0.15, 0.2) is 54.6 Å². The van der Waals surface area contributed by atoms with Crippen LogP contribution in [0.1, 0.15) is 25.0 Å². The molecule has 3 aromatic rings. The number of nitrogens with two attached hydrogens (primary N) is 1. The van der Waals surface area contributed by atoms with Crippen molar-refractivity contribution in [2.45, 2.75) is 26.8 Å². The average molecular weight is 305 g/mol. The first-order chi connectivity index (χ1) is 11.2. The van der Waals surface area contributed by atoms with Gasteiger partial charge in [0.25, 0.3) is 0 Å². The smallest absolute Gasteiger partial charge is 0.132 e. The number of fused-ring (bicyclic) bond motifs is 1. The Balaban J connectivity index is 2.03. The molecule has 3 nitrogen and oxygen atoms in total. The first-order valence-corrected chi connectivity index (χ1v) is 8.19. The standard InChI is InChI=1S/C20H23N3/c1-3-16-12-17-13-18(21)10-11-19(17)22-20(16)23(4-2)14-15-8-6-5-7-9-15/h5-13H,3-4,14,21H2,1-2H3. The highest BCUT2D eigenvalue weighted by Gasteiger charge is 2.13. The van der Waals surface area contributed by atoms with E-state index >= 15 is 0 Å². The molecule has 23 heavy (non-hydrogen) atoms. The molecule has 1 heterocycles. The summed E-state index contributed by atoms with van der Waals surface area (Å²) in [6, 6.07) is 18.7. The van der Waals surface area contributed by atoms with E-state index in [0.717, 1.165) is 41.9 Å². The number of aromatic nitrogens is 1. The second-order valence-corrected chi connectivity index (χ2v) is 5.78. The Hall–Kier alpha value is -2.55. The molecule has 0 bridgehead atoms. The maximum Gasteiger partial charge on any atom is 0.132 e. The lowest BCUT2D eigenvalue weighted by atomic mass is 10.1. The largest absolute Gasteiger partial charge is 0.399 e. The number of benzene rings is 2. The minimum atomic E-state index is 0.783. The van der Waals surface area contributed by atoms with Crippen LogP contribution in [-0.2, 0) is 13.0 Å². The van der Waals surface area contributed by atoms with E-state index in [4.69, 9.17) is 10.7 Å². The van der Waals surface area contributed by atoms with E-state index in [1.807, 2.05) is 18.2 Å². The van der Waals surface area contributed by atoms with E-state index < -0.39 is 0 Å². The Bertz CT molecular complexity index is 797. The molecule has 1 aromatic heterocycles. The highest BCUT2D eigenvalue weighted by Crippen LogP contribution is 2.26. The van der Waals surface area contributed by atoms with E-state index in [-0.39, 0.29) is 0 Å². The van der Waals surface area contributed by atoms with E-state index in [1.165, 1.54) is 11.1 Å². The lowest BCUT2D eigenvalue weighted by Crippen LogP contribution is -2.24. The summed E-state index contributed by atoms with van der Waals surface area (Å²) in [4.78, 5) is 7.26. The highest BCUT2D eigenvalue weighted by molar-refractivity contribution is 5.84. The van der Waals surface area contributed by atoms with Crippen molar-refractivity contribution in [2.24, 2.45) is 0 Å². The van der Waals surface area contributed by atoms with Crippen molar-refractivity contribution in [1.29, 1.82) is 0 Å². The normalized spacial score (nSPS) is 10.9. The summed E-state index contributed by atoms with van der Waals surface area (Å²) in [6.07, 6.45) is 0.957. The van der Waals surface area contributed by atoms with Crippen LogP contribution in [-0.4, -0.2) is 11.5 Å². The van der Waals surface area contributed by atoms with Crippen LogP contribution in [0.4, 0.5) is 11.5 Å². The Kier molecular flexibility index (Phi) is 4.47. The quantitative estimate of drug-likeness (QED) is 0.710. The second-order valence-electron chi connectivity index (χ2n) is 5.78. The molecular formula is C20H23N3. The summed E-state index contributed by atoms with van der Waals surface area (Å²) >= 11 is 0. The lowest BCUT2D eigenvalue weighted by molar-refractivity contribution is 0.807. The van der Waals surface area contributed by atoms with Crippen molar-refractivity contribution in [1.82, 2.24) is 4.98 Å². The molecule has 2 aromatic carbocycles. The third kappa shape index (κ3) is 3.29. The van der Waals surface area contributed by atoms with Crippen molar-refractivity contribution in [3.8, 4) is 0 Å². The van der Waals surface area contributed by atoms with Gasteiger partial charge in [-0.05, 0) is 48.7 Å². The van der Waals surface area contributed by atoms with Gasteiger partial charge in [-0.1, -0.05) is 37.3 Å². The Morgan fingerprint density at radius 1 is 1.00 bits per heavy atom. The molecule has 0 amide bonds. The van der Waals surface area contributed by atoms with E-state index in [9.17, 15) is 0 Å². The number of hydrogen-bond acceptors (Lipinski definition) is 3. The number of pyridine rings is 1. The summed E-state index contributed by atoms with van der Waals surface area (Å²) < 4.78 is 0. The fraction of sp³-hybridized carbons (Fsp3) is 0.250. The predicted octanol–water partition coefficient (Wildman–Crippen LogP) is 4.41. The molecule has 118 valence electrons. The maximum absolute atomic E-state index is 5.90. The highest BCUT2D eigenvalue weighted by atomic mass is 15.2. The molecule has 0 atom stereocenters. The average Bonchev–Trinajstić information content (AvgIpc) is 2.59. The molecule has 0 spiro atoms. The molecule has 0 aliphatic carbocycles. The number of rotatable bonds is 5. The Morgan fingerprint density at radius 2 is 1.78 bits per heavy atom. The second kappa shape index (κ2) is 6.69. The van der Waals surface area contributed by atoms with Gasteiger partial charge in [0.1, 0.15) is 5.82 Å². The molecule has 3 rings (SSSR count). The number of nitrogens with zero attached hydrogens (tertiary/aromatic N) is 2. The van der Waals surface area contributed by atoms with Gasteiger partial charge in [-0.15, -0.1) is 0 Å². The third-order valence-electron chi connectivity index (χ3n) is 4.17. The molecule has 0 aliphatic heterocycles. The fourth-order valence-corrected chi connectivity index (χ4v) is 2.90. The summed E-state index contributed by atoms with van der Waals surface area (Å²) in [5, 5.41) is 1.11. The van der Waals surface area contributed by atoms with Gasteiger partial charge in [0.05, 0.1) is 5.52 Å². The summed E-state index contributed by atoms with van der Waals surface area (Å²) in [7, 11) is 0. The van der Waals surface area contributed by atoms with Gasteiger partial charge >= 0.3 is 0 Å². The van der Waals surface area contributed by atoms with Crippen LogP contribution < -0.4 is 10.6 Å². The van der Waals surface area contributed by atoms with Crippen molar-refractivity contribution in [3.05, 3.63) is 65.7 Å². The number of nitrogen functional groups attached to an aromatic ring is 1. The van der Waals surface area contributed by atoms with Gasteiger partial charge < -0.3 is 10.6 Å². The van der Waals surface area contributed by atoms with Crippen molar-refractivity contribution in [3.63, 3.8) is 0 Å². The van der Waals surface area contributed by atoms with Gasteiger partial charge in [-0.3, -0.25) is 0 Å². The SMILES string of the molecule is CCc1cc2cc(N)ccc2nc1N(CC)Cc1ccccc1. The minimum Gasteiger partial charge on any atom is -0.399 e. The molecule has 0 aliphatic rings.